The van der Waals surface area contributed by atoms with Crippen LogP contribution in [0.3, 0.4) is 0 Å². The van der Waals surface area contributed by atoms with E-state index in [1.54, 1.807) is 11.0 Å². The van der Waals surface area contributed by atoms with Crippen LogP contribution in [0.15, 0.2) is 83.5 Å². The van der Waals surface area contributed by atoms with Crippen LogP contribution >= 0.6 is 11.6 Å². The van der Waals surface area contributed by atoms with Gasteiger partial charge in [-0.2, -0.15) is 0 Å². The van der Waals surface area contributed by atoms with Crippen molar-refractivity contribution in [3.8, 4) is 0 Å². The lowest BCUT2D eigenvalue weighted by Gasteiger charge is -2.24. The fraction of sp³-hybridized carbons (Fsp3) is 0.0909. The minimum absolute atomic E-state index is 0.0568. The second kappa shape index (κ2) is 6.89. The molecular weight excluding hydrogens is 360 g/mol. The number of fused-ring (bicyclic) bond motifs is 1. The zero-order chi connectivity index (χ0) is 19.0. The van der Waals surface area contributed by atoms with E-state index in [9.17, 15) is 9.59 Å². The zero-order valence-electron chi connectivity index (χ0n) is 14.7. The van der Waals surface area contributed by atoms with E-state index in [4.69, 9.17) is 11.6 Å². The summed E-state index contributed by atoms with van der Waals surface area (Å²) < 4.78 is 0. The largest absolute Gasteiger partial charge is 0.336 e. The van der Waals surface area contributed by atoms with Gasteiger partial charge in [0.1, 0.15) is 10.7 Å². The highest BCUT2D eigenvalue weighted by atomic mass is 35.5. The van der Waals surface area contributed by atoms with Crippen molar-refractivity contribution in [2.45, 2.75) is 6.92 Å². The molecule has 0 N–H and O–H groups in total. The van der Waals surface area contributed by atoms with Crippen molar-refractivity contribution >= 4 is 45.6 Å². The Morgan fingerprint density at radius 2 is 1.52 bits per heavy atom. The molecular formula is C22H17ClN2O2. The van der Waals surface area contributed by atoms with Gasteiger partial charge >= 0.3 is 0 Å². The third-order valence-electron chi connectivity index (χ3n) is 4.67. The number of benzene rings is 3. The van der Waals surface area contributed by atoms with Gasteiger partial charge in [-0.15, -0.1) is 0 Å². The number of likely N-dealkylation sites (N-methyl/N-ethyl adjacent to an activating group) is 1. The molecule has 1 aliphatic rings. The number of imide groups is 1. The molecule has 0 saturated heterocycles. The summed E-state index contributed by atoms with van der Waals surface area (Å²) in [5.74, 6) is -0.908. The summed E-state index contributed by atoms with van der Waals surface area (Å²) in [6.45, 7) is 2.43. The molecule has 0 unspecified atom stereocenters. The first-order chi connectivity index (χ1) is 13.1. The molecule has 1 heterocycles. The molecule has 0 radical (unpaired) electrons. The van der Waals surface area contributed by atoms with E-state index in [2.05, 4.69) is 0 Å². The molecule has 4 nitrogen and oxygen atoms in total. The summed E-state index contributed by atoms with van der Waals surface area (Å²) in [5, 5.41) is 1.73. The molecule has 0 aromatic heterocycles. The molecule has 0 spiro atoms. The predicted molar refractivity (Wildman–Crippen MR) is 109 cm³/mol. The van der Waals surface area contributed by atoms with Gasteiger partial charge in [0.25, 0.3) is 11.8 Å². The van der Waals surface area contributed by atoms with Gasteiger partial charge in [0.15, 0.2) is 0 Å². The number of hydrogen-bond acceptors (Lipinski definition) is 3. The van der Waals surface area contributed by atoms with Crippen LogP contribution in [0.1, 0.15) is 6.92 Å². The Balaban J connectivity index is 1.81. The number of anilines is 2. The van der Waals surface area contributed by atoms with Crippen LogP contribution in [0.25, 0.3) is 10.8 Å². The molecule has 2 amide bonds. The number of hydrogen-bond donors (Lipinski definition) is 0. The number of carbonyl (C=O) groups excluding carboxylic acids is 2. The molecule has 0 bridgehead atoms. The lowest BCUT2D eigenvalue weighted by atomic mass is 10.1. The maximum atomic E-state index is 13.3. The lowest BCUT2D eigenvalue weighted by Crippen LogP contribution is -2.35. The van der Waals surface area contributed by atoms with E-state index >= 15 is 0 Å². The fourth-order valence-electron chi connectivity index (χ4n) is 3.43. The van der Waals surface area contributed by atoms with Crippen LogP contribution < -0.4 is 9.80 Å². The van der Waals surface area contributed by atoms with Gasteiger partial charge in [0, 0.05) is 17.6 Å². The highest BCUT2D eigenvalue weighted by molar-refractivity contribution is 6.53. The molecule has 0 aliphatic carbocycles. The number of amides is 2. The van der Waals surface area contributed by atoms with Gasteiger partial charge in [-0.05, 0) is 30.5 Å². The summed E-state index contributed by atoms with van der Waals surface area (Å²) in [6, 6.07) is 22.6. The number of carbonyl (C=O) groups is 2. The molecule has 27 heavy (non-hydrogen) atoms. The van der Waals surface area contributed by atoms with Crippen LogP contribution in [-0.2, 0) is 9.59 Å². The van der Waals surface area contributed by atoms with Crippen molar-refractivity contribution in [3.63, 3.8) is 0 Å². The maximum absolute atomic E-state index is 13.3. The van der Waals surface area contributed by atoms with Gasteiger partial charge in [0.2, 0.25) is 0 Å². The van der Waals surface area contributed by atoms with Gasteiger partial charge in [-0.25, -0.2) is 4.90 Å². The molecule has 0 atom stereocenters. The van der Waals surface area contributed by atoms with Crippen molar-refractivity contribution < 1.29 is 9.59 Å². The molecule has 3 aromatic carbocycles. The maximum Gasteiger partial charge on any atom is 0.283 e. The highest BCUT2D eigenvalue weighted by Gasteiger charge is 2.41. The Labute approximate surface area is 162 Å². The average molecular weight is 377 g/mol. The summed E-state index contributed by atoms with van der Waals surface area (Å²) in [4.78, 5) is 29.1. The van der Waals surface area contributed by atoms with E-state index in [1.165, 1.54) is 4.90 Å². The normalized spacial score (nSPS) is 14.4. The third kappa shape index (κ3) is 2.78. The van der Waals surface area contributed by atoms with Crippen molar-refractivity contribution in [1.82, 2.24) is 0 Å². The first-order valence-corrected chi connectivity index (χ1v) is 9.10. The highest BCUT2D eigenvalue weighted by Crippen LogP contribution is 2.36. The molecule has 4 rings (SSSR count). The Morgan fingerprint density at radius 1 is 0.852 bits per heavy atom. The van der Waals surface area contributed by atoms with Crippen LogP contribution in [0.2, 0.25) is 0 Å². The second-order valence-corrected chi connectivity index (χ2v) is 6.56. The minimum Gasteiger partial charge on any atom is -0.336 e. The minimum atomic E-state index is -0.498. The van der Waals surface area contributed by atoms with Crippen LogP contribution in [-0.4, -0.2) is 18.4 Å². The first kappa shape index (κ1) is 17.3. The van der Waals surface area contributed by atoms with Gasteiger partial charge in [-0.3, -0.25) is 9.59 Å². The summed E-state index contributed by atoms with van der Waals surface area (Å²) >= 11 is 6.37. The summed E-state index contributed by atoms with van der Waals surface area (Å²) in [5.41, 5.74) is 1.57. The molecule has 1 aliphatic heterocycles. The van der Waals surface area contributed by atoms with E-state index in [-0.39, 0.29) is 10.7 Å². The third-order valence-corrected chi connectivity index (χ3v) is 5.01. The average Bonchev–Trinajstić information content (AvgIpc) is 2.92. The van der Waals surface area contributed by atoms with E-state index in [1.807, 2.05) is 73.7 Å². The summed E-state index contributed by atoms with van der Waals surface area (Å²) in [7, 11) is 0. The number of para-hydroxylation sites is 1. The standard InChI is InChI=1S/C22H17ClN2O2/c1-2-24(16-11-4-3-5-12-16)20-19(23)21(26)25(22(20)27)18-14-8-10-15-9-6-7-13-17(15)18/h3-14H,2H2,1H3. The monoisotopic (exact) mass is 376 g/mol. The van der Waals surface area contributed by atoms with E-state index in [0.717, 1.165) is 16.5 Å². The predicted octanol–water partition coefficient (Wildman–Crippen LogP) is 4.69. The SMILES string of the molecule is CCN(C1=C(Cl)C(=O)N(c2cccc3ccccc23)C1=O)c1ccccc1. The van der Waals surface area contributed by atoms with Crippen LogP contribution in [0.5, 0.6) is 0 Å². The molecule has 3 aromatic rings. The topological polar surface area (TPSA) is 40.6 Å². The second-order valence-electron chi connectivity index (χ2n) is 6.19. The van der Waals surface area contributed by atoms with Crippen molar-refractivity contribution in [2.24, 2.45) is 0 Å². The van der Waals surface area contributed by atoms with Crippen LogP contribution in [0, 0.1) is 0 Å². The quantitative estimate of drug-likeness (QED) is 0.620. The Bertz CT molecular complexity index is 1070. The zero-order valence-corrected chi connectivity index (χ0v) is 15.5. The van der Waals surface area contributed by atoms with Crippen LogP contribution in [0.4, 0.5) is 11.4 Å². The Kier molecular flexibility index (Phi) is 4.42. The summed E-state index contributed by atoms with van der Waals surface area (Å²) in [6.07, 6.45) is 0. The van der Waals surface area contributed by atoms with E-state index < -0.39 is 11.8 Å². The van der Waals surface area contributed by atoms with Gasteiger partial charge in [-0.1, -0.05) is 66.2 Å². The number of rotatable bonds is 4. The first-order valence-electron chi connectivity index (χ1n) is 8.72. The van der Waals surface area contributed by atoms with Crippen molar-refractivity contribution in [1.29, 1.82) is 0 Å². The molecule has 0 saturated carbocycles. The number of halogens is 1. The van der Waals surface area contributed by atoms with Gasteiger partial charge < -0.3 is 4.90 Å². The molecule has 5 heteroatoms. The fourth-order valence-corrected chi connectivity index (χ4v) is 3.69. The van der Waals surface area contributed by atoms with Crippen molar-refractivity contribution in [3.05, 3.63) is 83.5 Å². The number of nitrogens with zero attached hydrogens (tertiary/aromatic N) is 2. The van der Waals surface area contributed by atoms with E-state index in [0.29, 0.717) is 12.2 Å². The Morgan fingerprint density at radius 3 is 2.26 bits per heavy atom. The molecule has 0 fully saturated rings. The van der Waals surface area contributed by atoms with Gasteiger partial charge in [0.05, 0.1) is 5.69 Å². The lowest BCUT2D eigenvalue weighted by molar-refractivity contribution is -0.120. The van der Waals surface area contributed by atoms with Crippen molar-refractivity contribution in [2.75, 3.05) is 16.3 Å². The Hall–Kier alpha value is -3.11. The smallest absolute Gasteiger partial charge is 0.283 e. The molecule has 134 valence electrons.